The van der Waals surface area contributed by atoms with Crippen LogP contribution in [0, 0.1) is 0 Å². The zero-order chi connectivity index (χ0) is 6.62. The molecule has 0 rings (SSSR count). The van der Waals surface area contributed by atoms with Crippen LogP contribution in [0.1, 0.15) is 0 Å². The molecular formula is C3H6NO3P. The summed E-state index contributed by atoms with van der Waals surface area (Å²) in [5.74, 6) is 5.15. The molecule has 0 aliphatic heterocycles. The highest BCUT2D eigenvalue weighted by molar-refractivity contribution is 7.56. The van der Waals surface area contributed by atoms with E-state index in [1.54, 1.807) is 0 Å². The monoisotopic (exact) mass is 135 g/mol. The summed E-state index contributed by atoms with van der Waals surface area (Å²) in [5.41, 5.74) is 2.07. The normalized spacial score (nSPS) is 16.2. The van der Waals surface area contributed by atoms with E-state index in [0.717, 1.165) is 5.82 Å². The summed E-state index contributed by atoms with van der Waals surface area (Å²) in [6, 6.07) is 0. The molecule has 8 heavy (non-hydrogen) atoms. The molecule has 0 aliphatic carbocycles. The Hall–Kier alpha value is -0.370. The van der Waals surface area contributed by atoms with Gasteiger partial charge in [0.15, 0.2) is 0 Å². The van der Waals surface area contributed by atoms with Crippen LogP contribution in [0.15, 0.2) is 18.1 Å². The van der Waals surface area contributed by atoms with E-state index in [0.29, 0.717) is 0 Å². The van der Waals surface area contributed by atoms with Crippen molar-refractivity contribution in [3.05, 3.63) is 18.1 Å². The molecule has 0 spiro atoms. The molecule has 0 saturated heterocycles. The third-order valence-electron chi connectivity index (χ3n) is 0.405. The zero-order valence-electron chi connectivity index (χ0n) is 4.07. The predicted octanol–water partition coefficient (Wildman–Crippen LogP) is 0.361. The quantitative estimate of drug-likeness (QED) is 0.325. The van der Waals surface area contributed by atoms with E-state index in [9.17, 15) is 4.57 Å². The fourth-order valence-corrected chi connectivity index (χ4v) is 0.437. The maximum Gasteiger partial charge on any atom is 0.375 e. The Labute approximate surface area is 46.8 Å². The Kier molecular flexibility index (Phi) is 2.69. The predicted molar refractivity (Wildman–Crippen MR) is 28.8 cm³/mol. The third kappa shape index (κ3) is 2.75. The number of rotatable bonds is 2. The van der Waals surface area contributed by atoms with Crippen molar-refractivity contribution in [1.29, 1.82) is 0 Å². The largest absolute Gasteiger partial charge is 0.375 e. The Balaban J connectivity index is 4.14. The first-order valence-corrected chi connectivity index (χ1v) is 3.35. The molecule has 46 valence electrons. The van der Waals surface area contributed by atoms with E-state index in [2.05, 4.69) is 22.8 Å². The van der Waals surface area contributed by atoms with Gasteiger partial charge in [-0.2, -0.15) is 0 Å². The van der Waals surface area contributed by atoms with Crippen LogP contribution in [0.2, 0.25) is 0 Å². The van der Waals surface area contributed by atoms with Gasteiger partial charge in [-0.15, -0.1) is 5.73 Å². The summed E-state index contributed by atoms with van der Waals surface area (Å²) in [6.07, 6.45) is 0. The second-order valence-electron chi connectivity index (χ2n) is 1.00. The summed E-state index contributed by atoms with van der Waals surface area (Å²) in [4.78, 5) is 8.37. The summed E-state index contributed by atoms with van der Waals surface area (Å²) in [6.45, 7) is 3.05. The van der Waals surface area contributed by atoms with Crippen LogP contribution in [-0.4, -0.2) is 4.89 Å². The summed E-state index contributed by atoms with van der Waals surface area (Å²) in [5, 5.41) is 0. The maximum atomic E-state index is 10.2. The van der Waals surface area contributed by atoms with E-state index in [1.165, 1.54) is 0 Å². The van der Waals surface area contributed by atoms with Crippen LogP contribution >= 0.6 is 7.60 Å². The minimum absolute atomic E-state index is 0.771. The molecule has 4 nitrogen and oxygen atoms in total. The van der Waals surface area contributed by atoms with Crippen LogP contribution in [-0.2, 0) is 9.19 Å². The van der Waals surface area contributed by atoms with E-state index in [1.807, 2.05) is 0 Å². The standard InChI is InChI=1S/C3H6NO3P/c1-2-3-8(5,6)7-4/h3H,1,4H2,(H,5,6). The van der Waals surface area contributed by atoms with Gasteiger partial charge < -0.3 is 4.89 Å². The molecule has 0 bridgehead atoms. The van der Waals surface area contributed by atoms with Gasteiger partial charge in [0.1, 0.15) is 0 Å². The van der Waals surface area contributed by atoms with Crippen molar-refractivity contribution < 1.29 is 14.1 Å². The lowest BCUT2D eigenvalue weighted by molar-refractivity contribution is 0.277. The van der Waals surface area contributed by atoms with E-state index >= 15 is 0 Å². The van der Waals surface area contributed by atoms with Crippen LogP contribution in [0.25, 0.3) is 0 Å². The molecular weight excluding hydrogens is 129 g/mol. The third-order valence-corrected chi connectivity index (χ3v) is 1.22. The molecule has 0 aromatic heterocycles. The molecule has 3 N–H and O–H groups in total. The van der Waals surface area contributed by atoms with Gasteiger partial charge in [0.25, 0.3) is 0 Å². The van der Waals surface area contributed by atoms with Gasteiger partial charge in [-0.05, 0) is 0 Å². The highest BCUT2D eigenvalue weighted by Gasteiger charge is 2.10. The first-order valence-electron chi connectivity index (χ1n) is 1.70. The van der Waals surface area contributed by atoms with Crippen LogP contribution in [0.5, 0.6) is 0 Å². The summed E-state index contributed by atoms with van der Waals surface area (Å²) >= 11 is 0. The molecule has 0 fully saturated rings. The lowest BCUT2D eigenvalue weighted by Crippen LogP contribution is -1.92. The SMILES string of the molecule is C=C=CP(=O)(O)ON. The van der Waals surface area contributed by atoms with Crippen molar-refractivity contribution in [3.63, 3.8) is 0 Å². The fraction of sp³-hybridized carbons (Fsp3) is 0. The van der Waals surface area contributed by atoms with Gasteiger partial charge in [-0.1, -0.05) is 6.58 Å². The van der Waals surface area contributed by atoms with Gasteiger partial charge in [0, 0.05) is 0 Å². The van der Waals surface area contributed by atoms with Crippen molar-refractivity contribution in [2.45, 2.75) is 0 Å². The van der Waals surface area contributed by atoms with E-state index < -0.39 is 7.60 Å². The zero-order valence-corrected chi connectivity index (χ0v) is 4.97. The molecule has 0 radical (unpaired) electrons. The smallest absolute Gasteiger partial charge is 0.320 e. The first-order chi connectivity index (χ1) is 3.62. The molecule has 1 atom stereocenters. The van der Waals surface area contributed by atoms with E-state index in [4.69, 9.17) is 4.89 Å². The molecule has 0 heterocycles. The highest BCUT2D eigenvalue weighted by Crippen LogP contribution is 2.40. The average molecular weight is 135 g/mol. The van der Waals surface area contributed by atoms with Gasteiger partial charge in [0.2, 0.25) is 0 Å². The molecule has 5 heteroatoms. The number of hydrogen-bond donors (Lipinski definition) is 2. The van der Waals surface area contributed by atoms with Crippen LogP contribution in [0.3, 0.4) is 0 Å². The van der Waals surface area contributed by atoms with Crippen molar-refractivity contribution in [2.24, 2.45) is 5.90 Å². The Morgan fingerprint density at radius 3 is 2.62 bits per heavy atom. The number of hydrogen-bond acceptors (Lipinski definition) is 3. The lowest BCUT2D eigenvalue weighted by atomic mass is 11.0. The van der Waals surface area contributed by atoms with Crippen molar-refractivity contribution in [2.75, 3.05) is 0 Å². The summed E-state index contributed by atoms with van der Waals surface area (Å²) < 4.78 is 13.9. The average Bonchev–Trinajstić information content (AvgIpc) is 1.67. The second kappa shape index (κ2) is 2.82. The topological polar surface area (TPSA) is 72.5 Å². The fourth-order valence-electron chi connectivity index (χ4n) is 0.146. The Morgan fingerprint density at radius 2 is 2.50 bits per heavy atom. The first kappa shape index (κ1) is 7.63. The van der Waals surface area contributed by atoms with Crippen LogP contribution < -0.4 is 5.90 Å². The van der Waals surface area contributed by atoms with Gasteiger partial charge in [-0.25, -0.2) is 10.5 Å². The molecule has 0 aromatic rings. The molecule has 0 aliphatic rings. The minimum atomic E-state index is -3.69. The molecule has 1 unspecified atom stereocenters. The molecule has 0 saturated carbocycles. The Morgan fingerprint density at radius 1 is 2.00 bits per heavy atom. The lowest BCUT2D eigenvalue weighted by Gasteiger charge is -1.96. The number of nitrogens with two attached hydrogens (primary N) is 1. The molecule has 0 aromatic carbocycles. The second-order valence-corrected chi connectivity index (χ2v) is 2.60. The van der Waals surface area contributed by atoms with Crippen molar-refractivity contribution in [3.8, 4) is 0 Å². The Bertz CT molecular complexity index is 160. The highest BCUT2D eigenvalue weighted by atomic mass is 31.2. The maximum absolute atomic E-state index is 10.2. The molecule has 0 amide bonds. The van der Waals surface area contributed by atoms with Crippen molar-refractivity contribution in [1.82, 2.24) is 0 Å². The minimum Gasteiger partial charge on any atom is -0.320 e. The van der Waals surface area contributed by atoms with E-state index in [-0.39, 0.29) is 0 Å². The van der Waals surface area contributed by atoms with Gasteiger partial charge in [-0.3, -0.25) is 4.57 Å². The van der Waals surface area contributed by atoms with Gasteiger partial charge in [0.05, 0.1) is 5.82 Å². The van der Waals surface area contributed by atoms with Crippen LogP contribution in [0.4, 0.5) is 0 Å². The summed E-state index contributed by atoms with van der Waals surface area (Å²) in [7, 11) is -3.69. The van der Waals surface area contributed by atoms with Crippen molar-refractivity contribution >= 4 is 7.60 Å². The van der Waals surface area contributed by atoms with Gasteiger partial charge >= 0.3 is 7.60 Å².